The maximum absolute atomic E-state index is 6.00. The van der Waals surface area contributed by atoms with Gasteiger partial charge in [0.25, 0.3) is 0 Å². The molecular formula is C10H12ClN. The van der Waals surface area contributed by atoms with Crippen LogP contribution in [0.3, 0.4) is 0 Å². The van der Waals surface area contributed by atoms with E-state index in [2.05, 4.69) is 6.07 Å². The van der Waals surface area contributed by atoms with Gasteiger partial charge in [-0.1, -0.05) is 29.8 Å². The zero-order valence-electron chi connectivity index (χ0n) is 6.83. The van der Waals surface area contributed by atoms with Gasteiger partial charge in [0.15, 0.2) is 0 Å². The Morgan fingerprint density at radius 2 is 2.08 bits per heavy atom. The second kappa shape index (κ2) is 3.08. The van der Waals surface area contributed by atoms with Crippen molar-refractivity contribution in [2.75, 3.05) is 0 Å². The molecule has 64 valence electrons. The fourth-order valence-corrected chi connectivity index (χ4v) is 1.67. The minimum atomic E-state index is 0.418. The van der Waals surface area contributed by atoms with Crippen LogP contribution >= 0.6 is 11.6 Å². The van der Waals surface area contributed by atoms with Crippen molar-refractivity contribution < 1.29 is 0 Å². The predicted octanol–water partition coefficient (Wildman–Crippen LogP) is 2.23. The number of hydrogen-bond donors (Lipinski definition) is 1. The van der Waals surface area contributed by atoms with Gasteiger partial charge in [0.1, 0.15) is 0 Å². The first-order valence-electron chi connectivity index (χ1n) is 4.26. The van der Waals surface area contributed by atoms with Crippen LogP contribution in [0.25, 0.3) is 0 Å². The van der Waals surface area contributed by atoms with Crippen molar-refractivity contribution >= 4 is 11.6 Å². The van der Waals surface area contributed by atoms with Crippen LogP contribution in [0.1, 0.15) is 12.0 Å². The van der Waals surface area contributed by atoms with Gasteiger partial charge < -0.3 is 5.73 Å². The van der Waals surface area contributed by atoms with E-state index < -0.39 is 0 Å². The highest BCUT2D eigenvalue weighted by atomic mass is 35.5. The fourth-order valence-electron chi connectivity index (χ4n) is 1.45. The molecule has 1 fully saturated rings. The first-order valence-corrected chi connectivity index (χ1v) is 4.64. The first-order chi connectivity index (χ1) is 5.77. The predicted molar refractivity (Wildman–Crippen MR) is 51.2 cm³/mol. The van der Waals surface area contributed by atoms with E-state index >= 15 is 0 Å². The molecule has 0 saturated heterocycles. The summed E-state index contributed by atoms with van der Waals surface area (Å²) in [4.78, 5) is 0. The molecule has 0 heterocycles. The van der Waals surface area contributed by atoms with Crippen LogP contribution in [0.15, 0.2) is 24.3 Å². The van der Waals surface area contributed by atoms with E-state index in [-0.39, 0.29) is 0 Å². The van der Waals surface area contributed by atoms with E-state index in [0.717, 1.165) is 17.9 Å². The highest BCUT2D eigenvalue weighted by Gasteiger charge is 2.33. The summed E-state index contributed by atoms with van der Waals surface area (Å²) in [5.74, 6) is 0.671. The molecule has 1 nitrogen and oxygen atoms in total. The molecule has 0 radical (unpaired) electrons. The van der Waals surface area contributed by atoms with Gasteiger partial charge in [0.05, 0.1) is 0 Å². The molecule has 2 unspecified atom stereocenters. The molecule has 1 aliphatic rings. The molecule has 0 aliphatic heterocycles. The Hall–Kier alpha value is -0.530. The van der Waals surface area contributed by atoms with E-state index in [9.17, 15) is 0 Å². The summed E-state index contributed by atoms with van der Waals surface area (Å²) in [5.41, 5.74) is 6.95. The summed E-state index contributed by atoms with van der Waals surface area (Å²) in [6.45, 7) is 0. The molecular weight excluding hydrogens is 170 g/mol. The van der Waals surface area contributed by atoms with Gasteiger partial charge in [-0.15, -0.1) is 0 Å². The van der Waals surface area contributed by atoms with Gasteiger partial charge in [-0.3, -0.25) is 0 Å². The monoisotopic (exact) mass is 181 g/mol. The van der Waals surface area contributed by atoms with Crippen molar-refractivity contribution in [2.45, 2.75) is 18.9 Å². The van der Waals surface area contributed by atoms with Crippen LogP contribution < -0.4 is 5.73 Å². The van der Waals surface area contributed by atoms with Gasteiger partial charge in [-0.05, 0) is 30.4 Å². The number of benzene rings is 1. The quantitative estimate of drug-likeness (QED) is 0.744. The summed E-state index contributed by atoms with van der Waals surface area (Å²) in [5, 5.41) is 0.872. The molecule has 2 atom stereocenters. The van der Waals surface area contributed by atoms with E-state index in [1.807, 2.05) is 18.2 Å². The zero-order chi connectivity index (χ0) is 8.55. The van der Waals surface area contributed by atoms with Crippen molar-refractivity contribution in [3.63, 3.8) is 0 Å². The fraction of sp³-hybridized carbons (Fsp3) is 0.400. The second-order valence-corrected chi connectivity index (χ2v) is 3.86. The maximum Gasteiger partial charge on any atom is 0.0438 e. The molecule has 0 amide bonds. The normalized spacial score (nSPS) is 27.2. The standard InChI is InChI=1S/C10H12ClN/c11-9-4-2-1-3-7(9)5-8-6-10(8)12/h1-4,8,10H,5-6,12H2. The van der Waals surface area contributed by atoms with Crippen molar-refractivity contribution in [3.05, 3.63) is 34.9 Å². The Labute approximate surface area is 77.5 Å². The Kier molecular flexibility index (Phi) is 2.07. The Morgan fingerprint density at radius 1 is 1.42 bits per heavy atom. The van der Waals surface area contributed by atoms with Crippen LogP contribution in [-0.4, -0.2) is 6.04 Å². The minimum absolute atomic E-state index is 0.418. The molecule has 12 heavy (non-hydrogen) atoms. The lowest BCUT2D eigenvalue weighted by molar-refractivity contribution is 0.786. The molecule has 2 rings (SSSR count). The summed E-state index contributed by atoms with van der Waals surface area (Å²) in [7, 11) is 0. The average Bonchev–Trinajstić information content (AvgIpc) is 2.72. The van der Waals surface area contributed by atoms with Crippen molar-refractivity contribution in [2.24, 2.45) is 11.7 Å². The third-order valence-corrected chi connectivity index (χ3v) is 2.79. The van der Waals surface area contributed by atoms with E-state index in [1.165, 1.54) is 5.56 Å². The molecule has 0 bridgehead atoms. The topological polar surface area (TPSA) is 26.0 Å². The van der Waals surface area contributed by atoms with Gasteiger partial charge in [-0.2, -0.15) is 0 Å². The largest absolute Gasteiger partial charge is 0.327 e. The molecule has 1 aromatic carbocycles. The Morgan fingerprint density at radius 3 is 2.67 bits per heavy atom. The van der Waals surface area contributed by atoms with Gasteiger partial charge in [-0.25, -0.2) is 0 Å². The van der Waals surface area contributed by atoms with E-state index in [0.29, 0.717) is 12.0 Å². The van der Waals surface area contributed by atoms with Gasteiger partial charge in [0.2, 0.25) is 0 Å². The molecule has 2 N–H and O–H groups in total. The summed E-state index contributed by atoms with van der Waals surface area (Å²) in [6.07, 6.45) is 2.20. The number of rotatable bonds is 2. The Bertz CT molecular complexity index is 285. The lowest BCUT2D eigenvalue weighted by Crippen LogP contribution is -2.03. The summed E-state index contributed by atoms with van der Waals surface area (Å²) >= 11 is 6.00. The van der Waals surface area contributed by atoms with Crippen LogP contribution in [0.4, 0.5) is 0 Å². The van der Waals surface area contributed by atoms with E-state index in [1.54, 1.807) is 0 Å². The lowest BCUT2D eigenvalue weighted by atomic mass is 10.1. The molecule has 1 aromatic rings. The number of halogens is 1. The number of hydrogen-bond acceptors (Lipinski definition) is 1. The van der Waals surface area contributed by atoms with E-state index in [4.69, 9.17) is 17.3 Å². The van der Waals surface area contributed by atoms with Crippen LogP contribution in [0.2, 0.25) is 5.02 Å². The minimum Gasteiger partial charge on any atom is -0.327 e. The van der Waals surface area contributed by atoms with Crippen molar-refractivity contribution in [1.29, 1.82) is 0 Å². The highest BCUT2D eigenvalue weighted by molar-refractivity contribution is 6.31. The molecule has 1 saturated carbocycles. The molecule has 2 heteroatoms. The highest BCUT2D eigenvalue weighted by Crippen LogP contribution is 2.33. The van der Waals surface area contributed by atoms with Gasteiger partial charge in [0, 0.05) is 11.1 Å². The zero-order valence-corrected chi connectivity index (χ0v) is 7.59. The van der Waals surface area contributed by atoms with Gasteiger partial charge >= 0.3 is 0 Å². The van der Waals surface area contributed by atoms with Crippen LogP contribution in [0.5, 0.6) is 0 Å². The summed E-state index contributed by atoms with van der Waals surface area (Å²) < 4.78 is 0. The van der Waals surface area contributed by atoms with Crippen LogP contribution in [-0.2, 0) is 6.42 Å². The third kappa shape index (κ3) is 1.62. The molecule has 0 aromatic heterocycles. The SMILES string of the molecule is NC1CC1Cc1ccccc1Cl. The van der Waals surface area contributed by atoms with Crippen molar-refractivity contribution in [3.8, 4) is 0 Å². The average molecular weight is 182 g/mol. The van der Waals surface area contributed by atoms with Crippen LogP contribution in [0, 0.1) is 5.92 Å². The second-order valence-electron chi connectivity index (χ2n) is 3.46. The lowest BCUT2D eigenvalue weighted by Gasteiger charge is -2.01. The third-order valence-electron chi connectivity index (χ3n) is 2.42. The summed E-state index contributed by atoms with van der Waals surface area (Å²) in [6, 6.07) is 8.41. The molecule has 1 aliphatic carbocycles. The smallest absolute Gasteiger partial charge is 0.0438 e. The first kappa shape index (κ1) is 8.09. The maximum atomic E-state index is 6.00. The van der Waals surface area contributed by atoms with Crippen molar-refractivity contribution in [1.82, 2.24) is 0 Å². The Balaban J connectivity index is 2.08. The number of nitrogens with two attached hydrogens (primary N) is 1. The molecule has 0 spiro atoms.